The Bertz CT molecular complexity index is 880. The first-order chi connectivity index (χ1) is 10.4. The number of hydrogen-bond donors (Lipinski definition) is 2. The Morgan fingerprint density at radius 1 is 1.05 bits per heavy atom. The number of aromatic nitrogens is 1. The van der Waals surface area contributed by atoms with E-state index in [0.717, 1.165) is 22.0 Å². The van der Waals surface area contributed by atoms with E-state index in [0.29, 0.717) is 16.9 Å². The second-order valence-electron chi connectivity index (χ2n) is 5.64. The maximum absolute atomic E-state index is 13.1. The van der Waals surface area contributed by atoms with E-state index >= 15 is 0 Å². The quantitative estimate of drug-likeness (QED) is 0.719. The fraction of sp³-hybridized carbons (Fsp3) is 0.167. The summed E-state index contributed by atoms with van der Waals surface area (Å²) in [5, 5.41) is 3.85. The molecule has 0 saturated heterocycles. The van der Waals surface area contributed by atoms with Crippen molar-refractivity contribution in [2.45, 2.75) is 20.8 Å². The Hall–Kier alpha value is -2.62. The molecule has 2 aromatic carbocycles. The van der Waals surface area contributed by atoms with Crippen molar-refractivity contribution < 1.29 is 9.18 Å². The van der Waals surface area contributed by atoms with Gasteiger partial charge in [0.05, 0.1) is 0 Å². The third-order valence-corrected chi connectivity index (χ3v) is 3.77. The fourth-order valence-electron chi connectivity index (χ4n) is 2.68. The van der Waals surface area contributed by atoms with Gasteiger partial charge in [0, 0.05) is 16.6 Å². The molecule has 0 fully saturated rings. The number of hydrogen-bond acceptors (Lipinski definition) is 1. The minimum absolute atomic E-state index is 0.233. The number of halogens is 1. The number of benzene rings is 2. The second kappa shape index (κ2) is 5.30. The average molecular weight is 296 g/mol. The van der Waals surface area contributed by atoms with E-state index < -0.39 is 0 Å². The van der Waals surface area contributed by atoms with Gasteiger partial charge in [-0.1, -0.05) is 6.07 Å². The molecule has 0 atom stereocenters. The van der Waals surface area contributed by atoms with Crippen LogP contribution in [0.5, 0.6) is 0 Å². The maximum Gasteiger partial charge on any atom is 0.272 e. The number of rotatable bonds is 2. The van der Waals surface area contributed by atoms with Gasteiger partial charge in [-0.15, -0.1) is 0 Å². The Morgan fingerprint density at radius 2 is 1.82 bits per heavy atom. The van der Waals surface area contributed by atoms with Gasteiger partial charge in [-0.3, -0.25) is 4.79 Å². The first kappa shape index (κ1) is 14.3. The van der Waals surface area contributed by atoms with E-state index in [2.05, 4.69) is 16.4 Å². The Morgan fingerprint density at radius 3 is 2.55 bits per heavy atom. The highest BCUT2D eigenvalue weighted by Crippen LogP contribution is 2.23. The number of carbonyl (C=O) groups is 1. The molecule has 112 valence electrons. The number of aryl methyl sites for hydroxylation is 3. The summed E-state index contributed by atoms with van der Waals surface area (Å²) in [4.78, 5) is 15.5. The Balaban J connectivity index is 1.93. The lowest BCUT2D eigenvalue weighted by Crippen LogP contribution is -2.13. The van der Waals surface area contributed by atoms with Gasteiger partial charge < -0.3 is 10.3 Å². The maximum atomic E-state index is 13.1. The van der Waals surface area contributed by atoms with E-state index in [1.165, 1.54) is 12.1 Å². The summed E-state index contributed by atoms with van der Waals surface area (Å²) >= 11 is 0. The zero-order chi connectivity index (χ0) is 15.9. The van der Waals surface area contributed by atoms with Gasteiger partial charge in [0.25, 0.3) is 5.91 Å². The largest absolute Gasteiger partial charge is 0.351 e. The summed E-state index contributed by atoms with van der Waals surface area (Å²) in [5.74, 6) is -0.546. The summed E-state index contributed by atoms with van der Waals surface area (Å²) < 4.78 is 13.1. The van der Waals surface area contributed by atoms with Crippen molar-refractivity contribution in [2.75, 3.05) is 5.32 Å². The summed E-state index contributed by atoms with van der Waals surface area (Å²) in [7, 11) is 0. The predicted octanol–water partition coefficient (Wildman–Crippen LogP) is 4.48. The summed E-state index contributed by atoms with van der Waals surface area (Å²) in [6.45, 7) is 5.81. The topological polar surface area (TPSA) is 44.9 Å². The van der Waals surface area contributed by atoms with Gasteiger partial charge in [0.1, 0.15) is 11.5 Å². The minimum atomic E-state index is -0.313. The van der Waals surface area contributed by atoms with Crippen LogP contribution in [0, 0.1) is 26.6 Å². The minimum Gasteiger partial charge on any atom is -0.351 e. The van der Waals surface area contributed by atoms with E-state index in [1.807, 2.05) is 26.0 Å². The van der Waals surface area contributed by atoms with Gasteiger partial charge in [0.15, 0.2) is 0 Å². The number of aromatic amines is 1. The molecule has 0 unspecified atom stereocenters. The molecule has 1 aromatic heterocycles. The third kappa shape index (κ3) is 2.60. The SMILES string of the molecule is Cc1cc(C)c2cc(C(=O)Nc3ccc(F)cc3C)[nH]c2c1. The molecule has 0 aliphatic carbocycles. The van der Waals surface area contributed by atoms with E-state index in [9.17, 15) is 9.18 Å². The number of amides is 1. The summed E-state index contributed by atoms with van der Waals surface area (Å²) in [5.41, 5.74) is 5.01. The molecule has 22 heavy (non-hydrogen) atoms. The van der Waals surface area contributed by atoms with Crippen LogP contribution in [0.1, 0.15) is 27.2 Å². The van der Waals surface area contributed by atoms with Gasteiger partial charge in [-0.25, -0.2) is 4.39 Å². The van der Waals surface area contributed by atoms with Crippen molar-refractivity contribution in [1.82, 2.24) is 4.98 Å². The zero-order valence-corrected chi connectivity index (χ0v) is 12.8. The highest BCUT2D eigenvalue weighted by molar-refractivity contribution is 6.06. The van der Waals surface area contributed by atoms with Crippen LogP contribution >= 0.6 is 0 Å². The van der Waals surface area contributed by atoms with Crippen molar-refractivity contribution in [2.24, 2.45) is 0 Å². The summed E-state index contributed by atoms with van der Waals surface area (Å²) in [6.07, 6.45) is 0. The zero-order valence-electron chi connectivity index (χ0n) is 12.8. The molecule has 0 aliphatic heterocycles. The van der Waals surface area contributed by atoms with Crippen LogP contribution in [-0.4, -0.2) is 10.9 Å². The van der Waals surface area contributed by atoms with Crippen LogP contribution in [0.3, 0.4) is 0 Å². The molecule has 3 aromatic rings. The molecule has 3 rings (SSSR count). The van der Waals surface area contributed by atoms with E-state index in [-0.39, 0.29) is 11.7 Å². The Labute approximate surface area is 128 Å². The lowest BCUT2D eigenvalue weighted by Gasteiger charge is -2.07. The summed E-state index contributed by atoms with van der Waals surface area (Å²) in [6, 6.07) is 10.2. The van der Waals surface area contributed by atoms with Crippen molar-refractivity contribution in [3.63, 3.8) is 0 Å². The molecule has 1 heterocycles. The average Bonchev–Trinajstić information content (AvgIpc) is 2.86. The van der Waals surface area contributed by atoms with E-state index in [4.69, 9.17) is 0 Å². The molecule has 0 aliphatic rings. The number of carbonyl (C=O) groups excluding carboxylic acids is 1. The van der Waals surface area contributed by atoms with Crippen LogP contribution in [0.15, 0.2) is 36.4 Å². The molecule has 2 N–H and O–H groups in total. The smallest absolute Gasteiger partial charge is 0.272 e. The molecule has 0 bridgehead atoms. The van der Waals surface area contributed by atoms with Crippen LogP contribution in [-0.2, 0) is 0 Å². The van der Waals surface area contributed by atoms with Crippen molar-refractivity contribution in [3.05, 3.63) is 64.6 Å². The molecular weight excluding hydrogens is 279 g/mol. The monoisotopic (exact) mass is 296 g/mol. The lowest BCUT2D eigenvalue weighted by atomic mass is 10.1. The van der Waals surface area contributed by atoms with Gasteiger partial charge in [-0.05, 0) is 67.8 Å². The molecular formula is C18H17FN2O. The van der Waals surface area contributed by atoms with Crippen molar-refractivity contribution >= 4 is 22.5 Å². The first-order valence-corrected chi connectivity index (χ1v) is 7.11. The highest BCUT2D eigenvalue weighted by Gasteiger charge is 2.12. The van der Waals surface area contributed by atoms with Crippen LogP contribution in [0.25, 0.3) is 10.9 Å². The highest BCUT2D eigenvalue weighted by atomic mass is 19.1. The van der Waals surface area contributed by atoms with Gasteiger partial charge in [-0.2, -0.15) is 0 Å². The van der Waals surface area contributed by atoms with E-state index in [1.54, 1.807) is 13.0 Å². The number of fused-ring (bicyclic) bond motifs is 1. The molecule has 0 radical (unpaired) electrons. The lowest BCUT2D eigenvalue weighted by molar-refractivity contribution is 0.102. The van der Waals surface area contributed by atoms with Gasteiger partial charge >= 0.3 is 0 Å². The predicted molar refractivity (Wildman–Crippen MR) is 86.9 cm³/mol. The third-order valence-electron chi connectivity index (χ3n) is 3.77. The van der Waals surface area contributed by atoms with Crippen LogP contribution in [0.2, 0.25) is 0 Å². The van der Waals surface area contributed by atoms with Crippen LogP contribution in [0.4, 0.5) is 10.1 Å². The second-order valence-corrected chi connectivity index (χ2v) is 5.64. The Kier molecular flexibility index (Phi) is 3.45. The number of anilines is 1. The molecule has 0 spiro atoms. The number of H-pyrrole nitrogens is 1. The standard InChI is InChI=1S/C18H17FN2O/c1-10-6-11(2)14-9-17(20-16(14)7-10)18(22)21-15-5-4-13(19)8-12(15)3/h4-9,20H,1-3H3,(H,21,22). The van der Waals surface area contributed by atoms with Crippen LogP contribution < -0.4 is 5.32 Å². The molecule has 4 heteroatoms. The van der Waals surface area contributed by atoms with Crippen molar-refractivity contribution in [1.29, 1.82) is 0 Å². The molecule has 1 amide bonds. The normalized spacial score (nSPS) is 10.9. The molecule has 3 nitrogen and oxygen atoms in total. The van der Waals surface area contributed by atoms with Gasteiger partial charge in [0.2, 0.25) is 0 Å². The van der Waals surface area contributed by atoms with Crippen molar-refractivity contribution in [3.8, 4) is 0 Å². The fourth-order valence-corrected chi connectivity index (χ4v) is 2.68. The molecule has 0 saturated carbocycles. The number of nitrogens with one attached hydrogen (secondary N) is 2. The first-order valence-electron chi connectivity index (χ1n) is 7.11.